The van der Waals surface area contributed by atoms with E-state index in [0.29, 0.717) is 40.4 Å². The zero-order valence-corrected chi connectivity index (χ0v) is 22.2. The molecule has 1 fully saturated rings. The Kier molecular flexibility index (Phi) is 10.4. The quantitative estimate of drug-likeness (QED) is 0.306. The van der Waals surface area contributed by atoms with E-state index in [2.05, 4.69) is 58.6 Å². The fourth-order valence-corrected chi connectivity index (χ4v) is 5.46. The van der Waals surface area contributed by atoms with Crippen LogP contribution in [-0.2, 0) is 11.8 Å². The minimum absolute atomic E-state index is 0. The monoisotopic (exact) mass is 504 g/mol. The van der Waals surface area contributed by atoms with Crippen LogP contribution in [-0.4, -0.2) is 36.2 Å². The Morgan fingerprint density at radius 2 is 1.80 bits per heavy atom. The molecule has 0 saturated heterocycles. The summed E-state index contributed by atoms with van der Waals surface area (Å²) in [7, 11) is 3.50. The van der Waals surface area contributed by atoms with Gasteiger partial charge in [-0.1, -0.05) is 31.8 Å². The van der Waals surface area contributed by atoms with E-state index in [1.54, 1.807) is 11.8 Å². The summed E-state index contributed by atoms with van der Waals surface area (Å²) in [4.78, 5) is 14.2. The Labute approximate surface area is 214 Å². The molecule has 1 amide bonds. The van der Waals surface area contributed by atoms with E-state index < -0.39 is 0 Å². The summed E-state index contributed by atoms with van der Waals surface area (Å²) < 4.78 is 7.38. The number of carbonyl (C=O) groups excluding carboxylic acids is 1. The fourth-order valence-electron chi connectivity index (χ4n) is 4.35. The number of azo groups is 1. The number of rotatable bonds is 9. The lowest BCUT2D eigenvalue weighted by Crippen LogP contribution is -2.39. The number of benzene rings is 1. The summed E-state index contributed by atoms with van der Waals surface area (Å²) in [6.45, 7) is 10.1. The summed E-state index contributed by atoms with van der Waals surface area (Å²) in [6, 6.07) is 4.74. The number of ether oxygens (including phenoxy) is 1. The molecule has 1 saturated carbocycles. The van der Waals surface area contributed by atoms with E-state index in [-0.39, 0.29) is 13.3 Å². The normalized spacial score (nSPS) is 14.3. The Bertz CT molecular complexity index is 1010. The van der Waals surface area contributed by atoms with Gasteiger partial charge in [0.1, 0.15) is 18.5 Å². The summed E-state index contributed by atoms with van der Waals surface area (Å²) in [5.74, 6) is 0.508. The fraction of sp³-hybridized carbons (Fsp3) is 0.640. The second kappa shape index (κ2) is 12.8. The number of hydrogen-bond acceptors (Lipinski definition) is 8. The highest BCUT2D eigenvalue weighted by Crippen LogP contribution is 2.39. The maximum atomic E-state index is 11.9. The Hall–Kier alpha value is -2.75. The maximum Gasteiger partial charge on any atom is 0.431 e. The average Bonchev–Trinajstić information content (AvgIpc) is 3.12. The number of hydrogen-bond donors (Lipinski definition) is 2. The summed E-state index contributed by atoms with van der Waals surface area (Å²) in [5, 5.41) is 21.7. The topological polar surface area (TPSA) is 95.1 Å². The van der Waals surface area contributed by atoms with Crippen molar-refractivity contribution in [1.29, 1.82) is 0 Å². The van der Waals surface area contributed by atoms with Crippen LogP contribution >= 0.6 is 11.3 Å². The van der Waals surface area contributed by atoms with Crippen molar-refractivity contribution in [2.45, 2.75) is 92.3 Å². The van der Waals surface area contributed by atoms with Crippen LogP contribution in [0.2, 0.25) is 0 Å². The molecule has 1 aliphatic rings. The van der Waals surface area contributed by atoms with Gasteiger partial charge in [-0.15, -0.1) is 4.68 Å². The van der Waals surface area contributed by atoms with Crippen molar-refractivity contribution in [2.24, 2.45) is 17.3 Å². The molecule has 0 unspecified atom stereocenters. The van der Waals surface area contributed by atoms with Gasteiger partial charge in [-0.2, -0.15) is 0 Å². The molecule has 3 rings (SSSR count). The molecule has 0 radical (unpaired) electrons. The van der Waals surface area contributed by atoms with E-state index in [1.165, 1.54) is 37.5 Å². The number of aromatic nitrogens is 2. The molecule has 1 aromatic carbocycles. The van der Waals surface area contributed by atoms with Crippen molar-refractivity contribution in [2.75, 3.05) is 22.6 Å². The third-order valence-corrected chi connectivity index (χ3v) is 6.87. The number of nitrogens with zero attached hydrogens (tertiary/aromatic N) is 5. The minimum atomic E-state index is -0.166. The lowest BCUT2D eigenvalue weighted by Gasteiger charge is -2.28. The number of methoxy groups -OCH3 is 1. The molecular weight excluding hydrogens is 462 g/mol. The molecule has 9 nitrogen and oxygen atoms in total. The summed E-state index contributed by atoms with van der Waals surface area (Å²) in [5.41, 5.74) is 1.97. The standard InChI is InChI=1S/C24H37N7O2S.CH4/c1-15(2)31(16(3)4)24-29-30(6)23(34-24)28-27-20-14-22(33-7)21(13-19(20)25-17(5)32)26-18-11-9-8-10-12-18;/h13-16,18H,8-12H2,1-7H3,(H,25,26,32);1H4/p+1. The predicted octanol–water partition coefficient (Wildman–Crippen LogP) is 6.35. The predicted molar refractivity (Wildman–Crippen MR) is 145 cm³/mol. The molecular formula is C25H42N7O2S+. The summed E-state index contributed by atoms with van der Waals surface area (Å²) in [6.07, 6.45) is 6.00. The van der Waals surface area contributed by atoms with E-state index in [0.717, 1.165) is 23.7 Å². The van der Waals surface area contributed by atoms with E-state index in [9.17, 15) is 4.79 Å². The van der Waals surface area contributed by atoms with Gasteiger partial charge in [0.15, 0.2) is 0 Å². The lowest BCUT2D eigenvalue weighted by atomic mass is 9.95. The van der Waals surface area contributed by atoms with Gasteiger partial charge >= 0.3 is 5.13 Å². The first-order valence-corrected chi connectivity index (χ1v) is 12.8. The second-order valence-electron chi connectivity index (χ2n) is 9.32. The van der Waals surface area contributed by atoms with Crippen molar-refractivity contribution in [3.8, 4) is 5.75 Å². The van der Waals surface area contributed by atoms with Gasteiger partial charge in [0, 0.05) is 31.1 Å². The van der Waals surface area contributed by atoms with Crippen LogP contribution in [0.5, 0.6) is 5.75 Å². The second-order valence-corrected chi connectivity index (χ2v) is 10.3. The minimum Gasteiger partial charge on any atom is -0.495 e. The smallest absolute Gasteiger partial charge is 0.431 e. The van der Waals surface area contributed by atoms with Gasteiger partial charge in [-0.05, 0) is 63.1 Å². The average molecular weight is 505 g/mol. The molecule has 0 aliphatic heterocycles. The first kappa shape index (κ1) is 28.5. The van der Waals surface area contributed by atoms with Gasteiger partial charge in [0.05, 0.1) is 23.6 Å². The highest BCUT2D eigenvalue weighted by Gasteiger charge is 2.25. The molecule has 1 aliphatic carbocycles. The van der Waals surface area contributed by atoms with Crippen molar-refractivity contribution in [3.63, 3.8) is 0 Å². The Balaban J connectivity index is 0.00000432. The van der Waals surface area contributed by atoms with Crippen LogP contribution in [0.15, 0.2) is 22.4 Å². The molecule has 35 heavy (non-hydrogen) atoms. The number of aryl methyl sites for hydroxylation is 1. The SMILES string of the molecule is C.COc1cc(N=Nc2sc(N(C(C)C)C(C)C)n[n+]2C)c(NC(C)=O)cc1NC1CCCCC1. The number of anilines is 3. The Morgan fingerprint density at radius 1 is 1.14 bits per heavy atom. The van der Waals surface area contributed by atoms with Crippen molar-refractivity contribution in [3.05, 3.63) is 12.1 Å². The largest absolute Gasteiger partial charge is 0.495 e. The van der Waals surface area contributed by atoms with Crippen LogP contribution < -0.4 is 25.0 Å². The molecule has 10 heteroatoms. The first-order valence-electron chi connectivity index (χ1n) is 12.0. The zero-order chi connectivity index (χ0) is 24.8. The number of amides is 1. The van der Waals surface area contributed by atoms with Crippen LogP contribution in [0.1, 0.15) is 74.1 Å². The molecule has 1 aromatic heterocycles. The lowest BCUT2D eigenvalue weighted by molar-refractivity contribution is -0.712. The van der Waals surface area contributed by atoms with Gasteiger partial charge in [-0.3, -0.25) is 4.79 Å². The molecule has 2 aromatic rings. The van der Waals surface area contributed by atoms with Gasteiger partial charge < -0.3 is 20.3 Å². The molecule has 1 heterocycles. The summed E-state index contributed by atoms with van der Waals surface area (Å²) >= 11 is 1.49. The molecule has 2 N–H and O–H groups in total. The molecule has 0 bridgehead atoms. The maximum absolute atomic E-state index is 11.9. The molecule has 0 spiro atoms. The number of carbonyl (C=O) groups is 1. The first-order chi connectivity index (χ1) is 16.2. The van der Waals surface area contributed by atoms with Crippen LogP contribution in [0.25, 0.3) is 0 Å². The highest BCUT2D eigenvalue weighted by molar-refractivity contribution is 7.18. The van der Waals surface area contributed by atoms with Crippen molar-refractivity contribution < 1.29 is 14.2 Å². The number of nitrogens with one attached hydrogen (secondary N) is 2. The van der Waals surface area contributed by atoms with E-state index in [1.807, 2.05) is 19.2 Å². The van der Waals surface area contributed by atoms with Crippen molar-refractivity contribution in [1.82, 2.24) is 5.10 Å². The van der Waals surface area contributed by atoms with E-state index in [4.69, 9.17) is 4.74 Å². The zero-order valence-electron chi connectivity index (χ0n) is 21.4. The highest BCUT2D eigenvalue weighted by atomic mass is 32.1. The molecule has 194 valence electrons. The van der Waals surface area contributed by atoms with Gasteiger partial charge in [0.25, 0.3) is 0 Å². The van der Waals surface area contributed by atoms with E-state index >= 15 is 0 Å². The third-order valence-electron chi connectivity index (χ3n) is 5.87. The van der Waals surface area contributed by atoms with Crippen molar-refractivity contribution >= 4 is 44.6 Å². The Morgan fingerprint density at radius 3 is 2.37 bits per heavy atom. The third kappa shape index (κ3) is 7.37. The van der Waals surface area contributed by atoms with Gasteiger partial charge in [0.2, 0.25) is 11.0 Å². The van der Waals surface area contributed by atoms with Crippen LogP contribution in [0.3, 0.4) is 0 Å². The molecule has 0 atom stereocenters. The van der Waals surface area contributed by atoms with Crippen LogP contribution in [0, 0.1) is 0 Å². The van der Waals surface area contributed by atoms with Gasteiger partial charge in [-0.25, -0.2) is 0 Å². The van der Waals surface area contributed by atoms with Crippen LogP contribution in [0.4, 0.5) is 27.3 Å².